The van der Waals surface area contributed by atoms with Crippen molar-refractivity contribution in [1.82, 2.24) is 0 Å². The predicted molar refractivity (Wildman–Crippen MR) is 58.1 cm³/mol. The predicted octanol–water partition coefficient (Wildman–Crippen LogP) is 2.52. The van der Waals surface area contributed by atoms with Crippen LogP contribution in [0.1, 0.15) is 35.7 Å². The van der Waals surface area contributed by atoms with Gasteiger partial charge in [0.2, 0.25) is 0 Å². The number of aryl methyl sites for hydroxylation is 1. The van der Waals surface area contributed by atoms with Crippen LogP contribution in [0.4, 0.5) is 0 Å². The molecule has 0 amide bonds. The molecular formula is C12H16O3. The Balaban J connectivity index is 2.97. The van der Waals surface area contributed by atoms with E-state index in [4.69, 9.17) is 0 Å². The van der Waals surface area contributed by atoms with Gasteiger partial charge in [0.05, 0.1) is 12.7 Å². The van der Waals surface area contributed by atoms with Gasteiger partial charge in [-0.3, -0.25) is 0 Å². The van der Waals surface area contributed by atoms with Gasteiger partial charge in [-0.25, -0.2) is 4.79 Å². The number of benzene rings is 1. The van der Waals surface area contributed by atoms with Crippen LogP contribution in [-0.4, -0.2) is 18.2 Å². The van der Waals surface area contributed by atoms with Gasteiger partial charge >= 0.3 is 5.97 Å². The Morgan fingerprint density at radius 3 is 2.80 bits per heavy atom. The van der Waals surface area contributed by atoms with Crippen molar-refractivity contribution in [3.63, 3.8) is 0 Å². The molecule has 0 aliphatic heterocycles. The Morgan fingerprint density at radius 1 is 1.47 bits per heavy atom. The molecule has 1 rings (SSSR count). The van der Waals surface area contributed by atoms with E-state index in [2.05, 4.69) is 11.7 Å². The molecule has 3 nitrogen and oxygen atoms in total. The second-order valence-electron chi connectivity index (χ2n) is 3.44. The third-order valence-electron chi connectivity index (χ3n) is 2.29. The van der Waals surface area contributed by atoms with Crippen molar-refractivity contribution in [3.05, 3.63) is 29.3 Å². The van der Waals surface area contributed by atoms with Gasteiger partial charge in [-0.05, 0) is 36.6 Å². The van der Waals surface area contributed by atoms with E-state index < -0.39 is 0 Å². The summed E-state index contributed by atoms with van der Waals surface area (Å²) < 4.78 is 4.68. The van der Waals surface area contributed by atoms with Crippen LogP contribution in [0.3, 0.4) is 0 Å². The van der Waals surface area contributed by atoms with Crippen molar-refractivity contribution >= 4 is 5.97 Å². The van der Waals surface area contributed by atoms with Gasteiger partial charge in [-0.2, -0.15) is 0 Å². The summed E-state index contributed by atoms with van der Waals surface area (Å²) in [4.78, 5) is 11.4. The standard InChI is InChI=1S/C12H16O3/c1-3-4-5-9-8-10(13)6-7-11(9)12(14)15-2/h6-8,13H,3-5H2,1-2H3. The van der Waals surface area contributed by atoms with Crippen molar-refractivity contribution in [2.75, 3.05) is 7.11 Å². The summed E-state index contributed by atoms with van der Waals surface area (Å²) in [5.41, 5.74) is 1.40. The fourth-order valence-electron chi connectivity index (χ4n) is 1.46. The lowest BCUT2D eigenvalue weighted by atomic mass is 10.0. The maximum absolute atomic E-state index is 11.4. The molecule has 1 aromatic rings. The first kappa shape index (κ1) is 11.6. The summed E-state index contributed by atoms with van der Waals surface area (Å²) in [7, 11) is 1.36. The minimum Gasteiger partial charge on any atom is -0.508 e. The molecular weight excluding hydrogens is 192 g/mol. The number of hydrogen-bond donors (Lipinski definition) is 1. The minimum atomic E-state index is -0.346. The van der Waals surface area contributed by atoms with E-state index in [-0.39, 0.29) is 11.7 Å². The molecule has 1 N–H and O–H groups in total. The highest BCUT2D eigenvalue weighted by Crippen LogP contribution is 2.19. The van der Waals surface area contributed by atoms with Gasteiger partial charge in [0.1, 0.15) is 5.75 Å². The second kappa shape index (κ2) is 5.39. The first-order chi connectivity index (χ1) is 7.19. The third kappa shape index (κ3) is 2.98. The number of esters is 1. The third-order valence-corrected chi connectivity index (χ3v) is 2.29. The Hall–Kier alpha value is -1.51. The van der Waals surface area contributed by atoms with Crippen molar-refractivity contribution in [3.8, 4) is 5.75 Å². The molecule has 0 aliphatic carbocycles. The lowest BCUT2D eigenvalue weighted by Crippen LogP contribution is -2.05. The van der Waals surface area contributed by atoms with Crippen molar-refractivity contribution in [2.24, 2.45) is 0 Å². The van der Waals surface area contributed by atoms with Gasteiger partial charge in [0.15, 0.2) is 0 Å². The zero-order valence-electron chi connectivity index (χ0n) is 9.12. The van der Waals surface area contributed by atoms with Crippen LogP contribution in [0.5, 0.6) is 5.75 Å². The molecule has 82 valence electrons. The number of unbranched alkanes of at least 4 members (excludes halogenated alkanes) is 1. The quantitative estimate of drug-likeness (QED) is 0.773. The molecule has 0 saturated heterocycles. The molecule has 15 heavy (non-hydrogen) atoms. The van der Waals surface area contributed by atoms with Crippen LogP contribution in [0.25, 0.3) is 0 Å². The van der Waals surface area contributed by atoms with E-state index in [1.807, 2.05) is 0 Å². The number of rotatable bonds is 4. The summed E-state index contributed by atoms with van der Waals surface area (Å²) in [6.07, 6.45) is 2.83. The van der Waals surface area contributed by atoms with Crippen LogP contribution in [0, 0.1) is 0 Å². The van der Waals surface area contributed by atoms with Crippen LogP contribution >= 0.6 is 0 Å². The van der Waals surface area contributed by atoms with Crippen molar-refractivity contribution in [2.45, 2.75) is 26.2 Å². The minimum absolute atomic E-state index is 0.189. The van der Waals surface area contributed by atoms with Crippen LogP contribution < -0.4 is 0 Å². The number of ether oxygens (including phenoxy) is 1. The molecule has 0 spiro atoms. The molecule has 0 heterocycles. The Bertz CT molecular complexity index is 345. The highest BCUT2D eigenvalue weighted by Gasteiger charge is 2.11. The molecule has 0 radical (unpaired) electrons. The van der Waals surface area contributed by atoms with E-state index in [0.29, 0.717) is 5.56 Å². The number of carbonyl (C=O) groups excluding carboxylic acids is 1. The second-order valence-corrected chi connectivity index (χ2v) is 3.44. The summed E-state index contributed by atoms with van der Waals surface area (Å²) in [6.45, 7) is 2.08. The molecule has 0 bridgehead atoms. The van der Waals surface area contributed by atoms with Crippen LogP contribution in [-0.2, 0) is 11.2 Å². The Labute approximate surface area is 89.7 Å². The molecule has 0 aliphatic rings. The van der Waals surface area contributed by atoms with Crippen LogP contribution in [0.15, 0.2) is 18.2 Å². The van der Waals surface area contributed by atoms with E-state index >= 15 is 0 Å². The highest BCUT2D eigenvalue weighted by atomic mass is 16.5. The van der Waals surface area contributed by atoms with E-state index in [1.165, 1.54) is 13.2 Å². The summed E-state index contributed by atoms with van der Waals surface area (Å²) >= 11 is 0. The monoisotopic (exact) mass is 208 g/mol. The normalized spacial score (nSPS) is 10.0. The summed E-state index contributed by atoms with van der Waals surface area (Å²) in [6, 6.07) is 4.73. The summed E-state index contributed by atoms with van der Waals surface area (Å²) in [5.74, 6) is -0.158. The SMILES string of the molecule is CCCCc1cc(O)ccc1C(=O)OC. The lowest BCUT2D eigenvalue weighted by molar-refractivity contribution is 0.0599. The largest absolute Gasteiger partial charge is 0.508 e. The first-order valence-corrected chi connectivity index (χ1v) is 5.09. The topological polar surface area (TPSA) is 46.5 Å². The Kier molecular flexibility index (Phi) is 4.16. The average Bonchev–Trinajstić information content (AvgIpc) is 2.25. The Morgan fingerprint density at radius 2 is 2.20 bits per heavy atom. The molecule has 0 saturated carbocycles. The molecule has 0 aromatic heterocycles. The fraction of sp³-hybridized carbons (Fsp3) is 0.417. The number of carbonyl (C=O) groups is 1. The lowest BCUT2D eigenvalue weighted by Gasteiger charge is -2.07. The number of methoxy groups -OCH3 is 1. The van der Waals surface area contributed by atoms with Gasteiger partial charge in [-0.1, -0.05) is 13.3 Å². The molecule has 3 heteroatoms. The van der Waals surface area contributed by atoms with Gasteiger partial charge < -0.3 is 9.84 Å². The number of phenols is 1. The summed E-state index contributed by atoms with van der Waals surface area (Å²) in [5, 5.41) is 9.34. The van der Waals surface area contributed by atoms with Gasteiger partial charge in [-0.15, -0.1) is 0 Å². The number of hydrogen-bond acceptors (Lipinski definition) is 3. The zero-order valence-corrected chi connectivity index (χ0v) is 9.12. The van der Waals surface area contributed by atoms with E-state index in [9.17, 15) is 9.90 Å². The average molecular weight is 208 g/mol. The highest BCUT2D eigenvalue weighted by molar-refractivity contribution is 5.91. The first-order valence-electron chi connectivity index (χ1n) is 5.09. The number of phenolic OH excluding ortho intramolecular Hbond substituents is 1. The molecule has 1 aromatic carbocycles. The van der Waals surface area contributed by atoms with Gasteiger partial charge in [0, 0.05) is 0 Å². The molecule has 0 atom stereocenters. The maximum Gasteiger partial charge on any atom is 0.338 e. The van der Waals surface area contributed by atoms with E-state index in [1.54, 1.807) is 12.1 Å². The smallest absolute Gasteiger partial charge is 0.338 e. The zero-order chi connectivity index (χ0) is 11.3. The van der Waals surface area contributed by atoms with E-state index in [0.717, 1.165) is 24.8 Å². The van der Waals surface area contributed by atoms with Crippen molar-refractivity contribution < 1.29 is 14.6 Å². The van der Waals surface area contributed by atoms with Crippen molar-refractivity contribution in [1.29, 1.82) is 0 Å². The molecule has 0 unspecified atom stereocenters. The number of aromatic hydroxyl groups is 1. The van der Waals surface area contributed by atoms with Gasteiger partial charge in [0.25, 0.3) is 0 Å². The molecule has 0 fully saturated rings. The van der Waals surface area contributed by atoms with Crippen LogP contribution in [0.2, 0.25) is 0 Å². The maximum atomic E-state index is 11.4. The fourth-order valence-corrected chi connectivity index (χ4v) is 1.46.